The molecule has 0 aliphatic heterocycles. The molecule has 1 aliphatic carbocycles. The Balaban J connectivity index is 2.20. The smallest absolute Gasteiger partial charge is 0.155 e. The molecule has 17 heavy (non-hydrogen) atoms. The van der Waals surface area contributed by atoms with Crippen molar-refractivity contribution in [1.82, 2.24) is 0 Å². The highest BCUT2D eigenvalue weighted by Gasteiger charge is 2.55. The fourth-order valence-corrected chi connectivity index (χ4v) is 4.08. The van der Waals surface area contributed by atoms with Gasteiger partial charge in [0, 0.05) is 17.7 Å². The molecule has 3 atom stereocenters. The van der Waals surface area contributed by atoms with Crippen LogP contribution < -0.4 is 5.73 Å². The summed E-state index contributed by atoms with van der Waals surface area (Å²) < 4.78 is 23.6. The Morgan fingerprint density at radius 3 is 2.24 bits per heavy atom. The summed E-state index contributed by atoms with van der Waals surface area (Å²) in [5.74, 6) is 0.167. The molecule has 0 amide bonds. The Labute approximate surface area is 103 Å². The summed E-state index contributed by atoms with van der Waals surface area (Å²) in [6.45, 7) is 3.78. The zero-order valence-electron chi connectivity index (χ0n) is 10.3. The number of hydrogen-bond acceptors (Lipinski definition) is 3. The fraction of sp³-hybridized carbons (Fsp3) is 0.538. The number of benzene rings is 1. The first-order valence-corrected chi connectivity index (χ1v) is 7.78. The van der Waals surface area contributed by atoms with Crippen molar-refractivity contribution in [3.05, 3.63) is 35.4 Å². The van der Waals surface area contributed by atoms with Gasteiger partial charge in [-0.15, -0.1) is 0 Å². The molecular weight excluding hydrogens is 234 g/mol. The molecule has 0 bridgehead atoms. The van der Waals surface area contributed by atoms with E-state index >= 15 is 0 Å². The Bertz CT molecular complexity index is 493. The first kappa shape index (κ1) is 12.6. The monoisotopic (exact) mass is 253 g/mol. The van der Waals surface area contributed by atoms with Crippen LogP contribution in [-0.4, -0.2) is 25.5 Å². The van der Waals surface area contributed by atoms with Gasteiger partial charge in [0.05, 0.1) is 5.25 Å². The molecule has 0 aromatic heterocycles. The highest BCUT2D eigenvalue weighted by molar-refractivity contribution is 7.92. The van der Waals surface area contributed by atoms with E-state index < -0.39 is 9.84 Å². The second-order valence-electron chi connectivity index (χ2n) is 4.61. The first-order chi connectivity index (χ1) is 8.01. The highest BCUT2D eigenvalue weighted by Crippen LogP contribution is 2.45. The van der Waals surface area contributed by atoms with E-state index in [0.29, 0.717) is 0 Å². The van der Waals surface area contributed by atoms with Crippen LogP contribution in [0.1, 0.15) is 30.9 Å². The Hall–Kier alpha value is -0.870. The topological polar surface area (TPSA) is 60.2 Å². The van der Waals surface area contributed by atoms with Crippen molar-refractivity contribution in [3.8, 4) is 0 Å². The highest BCUT2D eigenvalue weighted by atomic mass is 32.2. The number of rotatable bonds is 4. The molecule has 0 saturated heterocycles. The van der Waals surface area contributed by atoms with Crippen molar-refractivity contribution in [1.29, 1.82) is 0 Å². The lowest BCUT2D eigenvalue weighted by atomic mass is 10.1. The Morgan fingerprint density at radius 1 is 1.18 bits per heavy atom. The predicted octanol–water partition coefficient (Wildman–Crippen LogP) is 1.48. The van der Waals surface area contributed by atoms with Crippen LogP contribution >= 0.6 is 0 Å². The Kier molecular flexibility index (Phi) is 3.27. The van der Waals surface area contributed by atoms with E-state index in [1.807, 2.05) is 12.1 Å². The summed E-state index contributed by atoms with van der Waals surface area (Å²) in [7, 11) is -3.01. The minimum atomic E-state index is -3.01. The average molecular weight is 253 g/mol. The van der Waals surface area contributed by atoms with E-state index in [9.17, 15) is 8.42 Å². The van der Waals surface area contributed by atoms with Crippen LogP contribution in [-0.2, 0) is 16.3 Å². The molecule has 0 spiro atoms. The standard InChI is InChI=1S/C13H19NO2S/c1-3-9-5-7-10(8-6-9)11-12(14)13(11)17(15,16)4-2/h5-8,11-13H,3-4,14H2,1-2H3. The van der Waals surface area contributed by atoms with Crippen molar-refractivity contribution >= 4 is 9.84 Å². The summed E-state index contributed by atoms with van der Waals surface area (Å²) in [5.41, 5.74) is 8.21. The maximum Gasteiger partial charge on any atom is 0.155 e. The largest absolute Gasteiger partial charge is 0.326 e. The molecule has 1 saturated carbocycles. The third-order valence-corrected chi connectivity index (χ3v) is 5.84. The van der Waals surface area contributed by atoms with E-state index in [2.05, 4.69) is 19.1 Å². The van der Waals surface area contributed by atoms with Gasteiger partial charge < -0.3 is 5.73 Å². The van der Waals surface area contributed by atoms with Gasteiger partial charge in [-0.2, -0.15) is 0 Å². The molecule has 1 fully saturated rings. The summed E-state index contributed by atoms with van der Waals surface area (Å²) in [4.78, 5) is 0. The predicted molar refractivity (Wildman–Crippen MR) is 69.8 cm³/mol. The lowest BCUT2D eigenvalue weighted by molar-refractivity contribution is 0.594. The molecule has 3 nitrogen and oxygen atoms in total. The normalized spacial score (nSPS) is 28.1. The van der Waals surface area contributed by atoms with Crippen molar-refractivity contribution in [2.24, 2.45) is 5.73 Å². The van der Waals surface area contributed by atoms with Gasteiger partial charge >= 0.3 is 0 Å². The lowest BCUT2D eigenvalue weighted by Crippen LogP contribution is -2.17. The minimum Gasteiger partial charge on any atom is -0.326 e. The SMILES string of the molecule is CCc1ccc(C2C(N)C2S(=O)(=O)CC)cc1. The van der Waals surface area contributed by atoms with Crippen molar-refractivity contribution in [2.75, 3.05) is 5.75 Å². The lowest BCUT2D eigenvalue weighted by Gasteiger charge is -2.02. The molecule has 94 valence electrons. The number of nitrogens with two attached hydrogens (primary N) is 1. The minimum absolute atomic E-state index is 0.00847. The van der Waals surface area contributed by atoms with E-state index in [1.54, 1.807) is 6.92 Å². The van der Waals surface area contributed by atoms with Gasteiger partial charge in [0.15, 0.2) is 9.84 Å². The number of hydrogen-bond donors (Lipinski definition) is 1. The summed E-state index contributed by atoms with van der Waals surface area (Å²) in [6, 6.07) is 7.89. The molecule has 2 rings (SSSR count). The third-order valence-electron chi connectivity index (χ3n) is 3.60. The quantitative estimate of drug-likeness (QED) is 0.884. The van der Waals surface area contributed by atoms with Crippen LogP contribution in [0.2, 0.25) is 0 Å². The van der Waals surface area contributed by atoms with Crippen LogP contribution in [0, 0.1) is 0 Å². The molecule has 1 aromatic rings. The van der Waals surface area contributed by atoms with E-state index in [4.69, 9.17) is 5.73 Å². The number of aryl methyl sites for hydroxylation is 1. The first-order valence-electron chi connectivity index (χ1n) is 6.07. The molecule has 3 unspecified atom stereocenters. The van der Waals surface area contributed by atoms with Gasteiger partial charge in [0.1, 0.15) is 0 Å². The maximum absolute atomic E-state index is 11.8. The molecule has 1 aromatic carbocycles. The fourth-order valence-electron chi connectivity index (χ4n) is 2.35. The molecule has 1 aliphatic rings. The van der Waals surface area contributed by atoms with E-state index in [-0.39, 0.29) is 23.0 Å². The van der Waals surface area contributed by atoms with Crippen molar-refractivity contribution < 1.29 is 8.42 Å². The Morgan fingerprint density at radius 2 is 1.76 bits per heavy atom. The van der Waals surface area contributed by atoms with Gasteiger partial charge in [-0.1, -0.05) is 38.1 Å². The van der Waals surface area contributed by atoms with Gasteiger partial charge in [-0.05, 0) is 17.5 Å². The summed E-state index contributed by atoms with van der Waals surface area (Å²) in [5, 5.41) is -0.375. The van der Waals surface area contributed by atoms with Gasteiger partial charge in [-0.25, -0.2) is 8.42 Å². The van der Waals surface area contributed by atoms with Crippen LogP contribution in [0.3, 0.4) is 0 Å². The zero-order chi connectivity index (χ0) is 12.6. The molecule has 0 radical (unpaired) electrons. The van der Waals surface area contributed by atoms with E-state index in [0.717, 1.165) is 12.0 Å². The molecule has 0 heterocycles. The van der Waals surface area contributed by atoms with E-state index in [1.165, 1.54) is 5.56 Å². The van der Waals surface area contributed by atoms with Crippen LogP contribution in [0.5, 0.6) is 0 Å². The maximum atomic E-state index is 11.8. The zero-order valence-corrected chi connectivity index (χ0v) is 11.1. The average Bonchev–Trinajstić information content (AvgIpc) is 3.02. The third kappa shape index (κ3) is 2.24. The summed E-state index contributed by atoms with van der Waals surface area (Å²) >= 11 is 0. The van der Waals surface area contributed by atoms with Crippen molar-refractivity contribution in [3.63, 3.8) is 0 Å². The van der Waals surface area contributed by atoms with Crippen LogP contribution in [0.25, 0.3) is 0 Å². The van der Waals surface area contributed by atoms with Crippen molar-refractivity contribution in [2.45, 2.75) is 37.5 Å². The van der Waals surface area contributed by atoms with Gasteiger partial charge in [0.2, 0.25) is 0 Å². The molecule has 2 N–H and O–H groups in total. The van der Waals surface area contributed by atoms with Gasteiger partial charge in [-0.3, -0.25) is 0 Å². The number of sulfone groups is 1. The summed E-state index contributed by atoms with van der Waals surface area (Å²) in [6.07, 6.45) is 0.994. The van der Waals surface area contributed by atoms with Crippen LogP contribution in [0.4, 0.5) is 0 Å². The van der Waals surface area contributed by atoms with Crippen LogP contribution in [0.15, 0.2) is 24.3 Å². The molecular formula is C13H19NO2S. The molecule has 4 heteroatoms. The second-order valence-corrected chi connectivity index (χ2v) is 7.06. The van der Waals surface area contributed by atoms with Gasteiger partial charge in [0.25, 0.3) is 0 Å². The second kappa shape index (κ2) is 4.42.